The van der Waals surface area contributed by atoms with Crippen LogP contribution in [-0.4, -0.2) is 61.6 Å². The van der Waals surface area contributed by atoms with Crippen LogP contribution in [0, 0.1) is 0 Å². The maximum Gasteiger partial charge on any atom is 0.407 e. The Kier molecular flexibility index (Phi) is 15.2. The number of benzene rings is 4. The summed E-state index contributed by atoms with van der Waals surface area (Å²) in [5.41, 5.74) is 3.72. The Morgan fingerprint density at radius 2 is 1.13 bits per heavy atom. The third-order valence-corrected chi connectivity index (χ3v) is 8.41. The molecule has 1 saturated heterocycles. The molecule has 1 heterocycles. The van der Waals surface area contributed by atoms with Gasteiger partial charge in [-0.1, -0.05) is 121 Å². The first-order valence-electron chi connectivity index (χ1n) is 18.2. The van der Waals surface area contributed by atoms with E-state index in [1.165, 1.54) is 0 Å². The van der Waals surface area contributed by atoms with Crippen LogP contribution >= 0.6 is 0 Å². The van der Waals surface area contributed by atoms with Gasteiger partial charge in [-0.3, -0.25) is 4.99 Å². The molecule has 1 fully saturated rings. The summed E-state index contributed by atoms with van der Waals surface area (Å²) in [5.74, 6) is 0.696. The summed E-state index contributed by atoms with van der Waals surface area (Å²) in [7, 11) is 0. The van der Waals surface area contributed by atoms with Crippen LogP contribution in [0.25, 0.3) is 0 Å². The lowest BCUT2D eigenvalue weighted by molar-refractivity contribution is -0.157. The van der Waals surface area contributed by atoms with Crippen LogP contribution in [-0.2, 0) is 50.1 Å². The summed E-state index contributed by atoms with van der Waals surface area (Å²) in [6.45, 7) is 8.56. The minimum absolute atomic E-state index is 0.280. The number of carbonyl (C=O) groups excluding carboxylic acids is 1. The molecule has 276 valence electrons. The molecule has 1 aliphatic heterocycles. The smallest absolute Gasteiger partial charge is 0.407 e. The quantitative estimate of drug-likeness (QED) is 0.103. The van der Waals surface area contributed by atoms with Crippen molar-refractivity contribution in [3.8, 4) is 0 Å². The van der Waals surface area contributed by atoms with Gasteiger partial charge in [0.15, 0.2) is 0 Å². The van der Waals surface area contributed by atoms with Gasteiger partial charge in [0.25, 0.3) is 0 Å². The van der Waals surface area contributed by atoms with Gasteiger partial charge in [-0.2, -0.15) is 0 Å². The van der Waals surface area contributed by atoms with E-state index in [0.29, 0.717) is 52.0 Å². The third-order valence-electron chi connectivity index (χ3n) is 8.41. The summed E-state index contributed by atoms with van der Waals surface area (Å²) in [5, 5.41) is 6.52. The van der Waals surface area contributed by atoms with Crippen LogP contribution in [0.5, 0.6) is 0 Å². The number of hydrogen-bond acceptors (Lipinski definition) is 7. The van der Waals surface area contributed by atoms with E-state index in [1.54, 1.807) is 0 Å². The molecule has 52 heavy (non-hydrogen) atoms. The SMILES string of the molecule is CC(C)(C)OC(=O)NCCCCN=C1N[C@H](COCc2ccccc2)[C@@H](OCc2ccccc2)[C@H](OCc2ccccc2)[C@@H]1OCc1ccccc1. The van der Waals surface area contributed by atoms with E-state index in [1.807, 2.05) is 106 Å². The third kappa shape index (κ3) is 13.2. The molecule has 0 spiro atoms. The van der Waals surface area contributed by atoms with Crippen LogP contribution in [0.4, 0.5) is 4.79 Å². The molecule has 4 aromatic carbocycles. The van der Waals surface area contributed by atoms with Gasteiger partial charge in [0.2, 0.25) is 0 Å². The number of nitrogens with zero attached hydrogens (tertiary/aromatic N) is 1. The monoisotopic (exact) mass is 707 g/mol. The Labute approximate surface area is 308 Å². The standard InChI is InChI=1S/C43H53N3O6/c1-43(2,3)52-42(47)45-27-17-16-26-44-41-40(51-31-36-24-14-7-15-25-36)39(50-30-35-22-12-6-13-23-35)38(49-29-34-20-10-5-11-21-34)37(46-41)32-48-28-33-18-8-4-9-19-33/h4-15,18-25,37-40H,16-17,26-32H2,1-3H3,(H,44,46)(H,45,47)/t37-,38-,39+,40+/m1/s1. The maximum atomic E-state index is 12.1. The second kappa shape index (κ2) is 20.5. The van der Waals surface area contributed by atoms with Gasteiger partial charge in [-0.05, 0) is 55.9 Å². The van der Waals surface area contributed by atoms with Gasteiger partial charge in [-0.25, -0.2) is 4.79 Å². The number of piperidine rings is 1. The highest BCUT2D eigenvalue weighted by atomic mass is 16.6. The van der Waals surface area contributed by atoms with Gasteiger partial charge in [0, 0.05) is 13.1 Å². The molecule has 5 rings (SSSR count). The highest BCUT2D eigenvalue weighted by molar-refractivity contribution is 5.88. The topological polar surface area (TPSA) is 99.6 Å². The predicted molar refractivity (Wildman–Crippen MR) is 204 cm³/mol. The number of ether oxygens (including phenoxy) is 5. The minimum Gasteiger partial charge on any atom is -0.444 e. The molecule has 0 radical (unpaired) electrons. The van der Waals surface area contributed by atoms with E-state index in [9.17, 15) is 4.79 Å². The molecular weight excluding hydrogens is 654 g/mol. The normalized spacial score (nSPS) is 19.6. The van der Waals surface area contributed by atoms with Crippen molar-refractivity contribution in [3.63, 3.8) is 0 Å². The fraction of sp³-hybridized carbons (Fsp3) is 0.395. The molecule has 0 aliphatic carbocycles. The van der Waals surface area contributed by atoms with E-state index in [-0.39, 0.29) is 6.04 Å². The van der Waals surface area contributed by atoms with E-state index in [2.05, 4.69) is 47.0 Å². The molecule has 4 aromatic rings. The number of amides is 1. The Morgan fingerprint density at radius 3 is 1.65 bits per heavy atom. The second-order valence-corrected chi connectivity index (χ2v) is 13.9. The minimum atomic E-state index is -0.546. The van der Waals surface area contributed by atoms with Crippen molar-refractivity contribution in [2.75, 3.05) is 19.7 Å². The van der Waals surface area contributed by atoms with E-state index >= 15 is 0 Å². The molecule has 1 aliphatic rings. The fourth-order valence-corrected chi connectivity index (χ4v) is 5.86. The number of rotatable bonds is 18. The first-order valence-corrected chi connectivity index (χ1v) is 18.2. The van der Waals surface area contributed by atoms with E-state index in [4.69, 9.17) is 28.7 Å². The average molecular weight is 708 g/mol. The van der Waals surface area contributed by atoms with Crippen LogP contribution < -0.4 is 10.6 Å². The Morgan fingerprint density at radius 1 is 0.654 bits per heavy atom. The Balaban J connectivity index is 1.38. The van der Waals surface area contributed by atoms with Crippen molar-refractivity contribution in [3.05, 3.63) is 144 Å². The van der Waals surface area contributed by atoms with Crippen LogP contribution in [0.3, 0.4) is 0 Å². The Bertz CT molecular complexity index is 1620. The van der Waals surface area contributed by atoms with Crippen molar-refractivity contribution < 1.29 is 28.5 Å². The number of carbonyl (C=O) groups is 1. The van der Waals surface area contributed by atoms with Crippen molar-refractivity contribution in [2.45, 2.75) is 90.0 Å². The summed E-state index contributed by atoms with van der Waals surface area (Å²) in [6.07, 6.45) is -0.406. The van der Waals surface area contributed by atoms with Crippen molar-refractivity contribution in [1.29, 1.82) is 0 Å². The zero-order valence-electron chi connectivity index (χ0n) is 30.6. The highest BCUT2D eigenvalue weighted by Gasteiger charge is 2.45. The summed E-state index contributed by atoms with van der Waals surface area (Å²) in [4.78, 5) is 17.2. The molecule has 4 atom stereocenters. The van der Waals surface area contributed by atoms with Crippen molar-refractivity contribution in [2.24, 2.45) is 4.99 Å². The number of hydrogen-bond donors (Lipinski definition) is 2. The molecule has 1 amide bonds. The van der Waals surface area contributed by atoms with Gasteiger partial charge < -0.3 is 34.3 Å². The first kappa shape index (κ1) is 38.7. The van der Waals surface area contributed by atoms with Crippen molar-refractivity contribution in [1.82, 2.24) is 10.6 Å². The molecule has 0 aromatic heterocycles. The molecule has 9 heteroatoms. The highest BCUT2D eigenvalue weighted by Crippen LogP contribution is 2.26. The molecule has 0 bridgehead atoms. The fourth-order valence-electron chi connectivity index (χ4n) is 5.86. The van der Waals surface area contributed by atoms with Gasteiger partial charge in [-0.15, -0.1) is 0 Å². The molecular formula is C43H53N3O6. The van der Waals surface area contributed by atoms with Crippen LogP contribution in [0.2, 0.25) is 0 Å². The summed E-state index contributed by atoms with van der Waals surface area (Å²) < 4.78 is 32.0. The van der Waals surface area contributed by atoms with Gasteiger partial charge in [0.05, 0.1) is 39.1 Å². The van der Waals surface area contributed by atoms with Gasteiger partial charge >= 0.3 is 6.09 Å². The van der Waals surface area contributed by atoms with Gasteiger partial charge in [0.1, 0.15) is 29.7 Å². The lowest BCUT2D eigenvalue weighted by Crippen LogP contribution is -2.66. The summed E-state index contributed by atoms with van der Waals surface area (Å²) >= 11 is 0. The van der Waals surface area contributed by atoms with Crippen LogP contribution in [0.15, 0.2) is 126 Å². The number of nitrogens with one attached hydrogen (secondary N) is 2. The zero-order valence-corrected chi connectivity index (χ0v) is 30.6. The molecule has 0 unspecified atom stereocenters. The van der Waals surface area contributed by atoms with E-state index in [0.717, 1.165) is 35.1 Å². The average Bonchev–Trinajstić information content (AvgIpc) is 3.15. The number of alkyl carbamates (subject to hydrolysis) is 1. The van der Waals surface area contributed by atoms with Crippen molar-refractivity contribution >= 4 is 11.9 Å². The zero-order chi connectivity index (χ0) is 36.4. The lowest BCUT2D eigenvalue weighted by Gasteiger charge is -2.44. The number of unbranched alkanes of at least 4 members (excludes halogenated alkanes) is 1. The second-order valence-electron chi connectivity index (χ2n) is 13.9. The largest absolute Gasteiger partial charge is 0.444 e. The number of amidine groups is 1. The van der Waals surface area contributed by atoms with E-state index < -0.39 is 30.0 Å². The first-order chi connectivity index (χ1) is 25.3. The molecule has 0 saturated carbocycles. The number of aliphatic imine (C=N–C) groups is 1. The van der Waals surface area contributed by atoms with Crippen LogP contribution in [0.1, 0.15) is 55.9 Å². The Hall–Kier alpha value is -4.54. The molecule has 2 N–H and O–H groups in total. The lowest BCUT2D eigenvalue weighted by atomic mass is 9.94. The summed E-state index contributed by atoms with van der Waals surface area (Å²) in [6, 6.07) is 40.3. The maximum absolute atomic E-state index is 12.1. The molecule has 9 nitrogen and oxygen atoms in total. The predicted octanol–water partition coefficient (Wildman–Crippen LogP) is 7.63.